The van der Waals surface area contributed by atoms with Gasteiger partial charge in [0.2, 0.25) is 11.8 Å². The fraction of sp³-hybridized carbons (Fsp3) is 0.472. The van der Waals surface area contributed by atoms with Crippen molar-refractivity contribution in [1.82, 2.24) is 73.8 Å². The number of carbonyl (C=O) groups excluding carboxylic acids is 2. The average molecular weight is 1260 g/mol. The zero-order chi connectivity index (χ0) is 63.1. The van der Waals surface area contributed by atoms with Crippen LogP contribution in [0.15, 0.2) is 104 Å². The molecule has 9 atom stereocenters. The Morgan fingerprint density at radius 1 is 0.620 bits per heavy atom. The SMILES string of the molecule is CO[C@H]1C[C@@H](c2ncccc2Cl)N[C@@H](c2cn3c(N4CCN(C)CC4)ccc(-c4cnc([C@@H]5CCC[C@H](c6cn7c(C8CCC(=O)N(C)C8)cc(-c8cnc([C@@H]9CCC[C@](C)(c%10cn%11c(C%12CCN(C)C(=O)C%12)cccc%11n%10)N9)c(C)c8)cc7n6)N5)c(C)c4)c3n2)C1. The third-order valence-electron chi connectivity index (χ3n) is 21.4. The molecule has 20 heteroatoms. The molecule has 92 heavy (non-hydrogen) atoms. The highest BCUT2D eigenvalue weighted by atomic mass is 35.5. The Bertz CT molecular complexity index is 4280. The monoisotopic (exact) mass is 1260 g/mol. The number of ether oxygens (including phenoxy) is 1. The molecule has 19 nitrogen and oxygen atoms in total. The molecule has 0 saturated carbocycles. The Balaban J connectivity index is 0.696. The number of rotatable bonds is 12. The van der Waals surface area contributed by atoms with E-state index in [-0.39, 0.29) is 65.5 Å². The number of aromatic nitrogens is 9. The van der Waals surface area contributed by atoms with Crippen LogP contribution in [0.1, 0.15) is 183 Å². The van der Waals surface area contributed by atoms with Crippen molar-refractivity contribution in [2.24, 2.45) is 0 Å². The first kappa shape index (κ1) is 60.6. The summed E-state index contributed by atoms with van der Waals surface area (Å²) in [5, 5.41) is 12.6. The largest absolute Gasteiger partial charge is 0.381 e. The van der Waals surface area contributed by atoms with Gasteiger partial charge in [0, 0.05) is 150 Å². The first-order valence-electron chi connectivity index (χ1n) is 33.4. The summed E-state index contributed by atoms with van der Waals surface area (Å²) in [7, 11) is 7.81. The Labute approximate surface area is 543 Å². The number of likely N-dealkylation sites (N-methyl/N-ethyl adjacent to an activating group) is 2. The fourth-order valence-corrected chi connectivity index (χ4v) is 16.3. The zero-order valence-electron chi connectivity index (χ0n) is 54.1. The molecule has 9 aromatic rings. The number of amides is 2. The second-order valence-electron chi connectivity index (χ2n) is 27.6. The number of imidazole rings is 3. The van der Waals surface area contributed by atoms with Crippen LogP contribution in [-0.4, -0.2) is 143 Å². The fourth-order valence-electron chi connectivity index (χ4n) is 16.1. The number of carbonyl (C=O) groups is 2. The standard InChI is InChI=1S/C72H85ClN16O3/c1-43-30-48(37-75-69(43)55-15-10-23-72(3,82-55)62-42-88-60(16-9-17-63(88)81-62)45-22-25-84(5)67(91)34-45)47-32-61(46-18-21-66(90)85(6)39-46)87-40-58(79-64(87)33-47)53-13-8-14-54(77-53)68-44(2)31-49(38-76-68)51-19-20-65(86-28-26-83(4)27-29-86)89-41-59(80-71(51)89)56-35-50(92-7)36-57(78-56)70-52(73)12-11-24-74-70/h9,11-12,16-17,19-20,24,30-33,37-38,40-42,45-46,50,53-57,77-78,82H,8,10,13-15,18,21-23,25-29,34-36,39H2,1-7H3/t45?,46?,50-,53-,54+,55+,56-,57+,72-/m1/s1. The summed E-state index contributed by atoms with van der Waals surface area (Å²) in [5.41, 5.74) is 17.0. The topological polar surface area (TPSA) is 183 Å². The van der Waals surface area contributed by atoms with Crippen LogP contribution < -0.4 is 20.9 Å². The van der Waals surface area contributed by atoms with Crippen LogP contribution in [0, 0.1) is 13.8 Å². The zero-order valence-corrected chi connectivity index (χ0v) is 54.8. The van der Waals surface area contributed by atoms with Crippen molar-refractivity contribution in [3.63, 3.8) is 0 Å². The second kappa shape index (κ2) is 24.7. The lowest BCUT2D eigenvalue weighted by Crippen LogP contribution is -2.45. The van der Waals surface area contributed by atoms with E-state index in [0.717, 1.165) is 199 Å². The van der Waals surface area contributed by atoms with Gasteiger partial charge in [-0.25, -0.2) is 15.0 Å². The molecule has 0 radical (unpaired) electrons. The molecule has 6 aliphatic heterocycles. The number of pyridine rings is 6. The molecule has 15 rings (SSSR count). The van der Waals surface area contributed by atoms with Crippen LogP contribution in [0.2, 0.25) is 5.02 Å². The van der Waals surface area contributed by atoms with E-state index in [1.54, 1.807) is 13.3 Å². The van der Waals surface area contributed by atoms with E-state index in [1.165, 1.54) is 0 Å². The molecule has 2 unspecified atom stereocenters. The molecule has 3 N–H and O–H groups in total. The maximum Gasteiger partial charge on any atom is 0.222 e. The summed E-state index contributed by atoms with van der Waals surface area (Å²) in [6.45, 7) is 11.9. The minimum atomic E-state index is -0.369. The van der Waals surface area contributed by atoms with Crippen LogP contribution in [0.5, 0.6) is 0 Å². The lowest BCUT2D eigenvalue weighted by atomic mass is 9.83. The lowest BCUT2D eigenvalue weighted by Gasteiger charge is -2.39. The molecule has 6 saturated heterocycles. The van der Waals surface area contributed by atoms with E-state index in [2.05, 4.69) is 140 Å². The number of nitrogens with one attached hydrogen (secondary N) is 3. The van der Waals surface area contributed by atoms with Gasteiger partial charge in [0.05, 0.1) is 81.0 Å². The highest BCUT2D eigenvalue weighted by Crippen LogP contribution is 2.43. The van der Waals surface area contributed by atoms with Gasteiger partial charge in [0.1, 0.15) is 22.8 Å². The van der Waals surface area contributed by atoms with Gasteiger partial charge < -0.3 is 43.8 Å². The lowest BCUT2D eigenvalue weighted by molar-refractivity contribution is -0.133. The van der Waals surface area contributed by atoms with Gasteiger partial charge >= 0.3 is 0 Å². The molecule has 2 amide bonds. The van der Waals surface area contributed by atoms with Crippen LogP contribution in [0.25, 0.3) is 39.2 Å². The van der Waals surface area contributed by atoms with Gasteiger partial charge in [0.15, 0.2) is 0 Å². The molecule has 0 aliphatic carbocycles. The predicted octanol–water partition coefficient (Wildman–Crippen LogP) is 11.3. The summed E-state index contributed by atoms with van der Waals surface area (Å²) in [4.78, 5) is 65.9. The van der Waals surface area contributed by atoms with E-state index in [9.17, 15) is 9.59 Å². The highest BCUT2D eigenvalue weighted by Gasteiger charge is 2.39. The number of likely N-dealkylation sites (tertiary alicyclic amines) is 2. The molecule has 0 aromatic carbocycles. The van der Waals surface area contributed by atoms with Crippen molar-refractivity contribution in [1.29, 1.82) is 0 Å². The molecular weight excluding hydrogens is 1170 g/mol. The molecule has 0 bridgehead atoms. The maximum absolute atomic E-state index is 13.0. The summed E-state index contributed by atoms with van der Waals surface area (Å²) in [6, 6.07) is 23.6. The average Bonchev–Trinajstić information content (AvgIpc) is 1.58. The molecule has 0 spiro atoms. The van der Waals surface area contributed by atoms with Crippen LogP contribution in [-0.2, 0) is 19.9 Å². The number of piperidine rings is 5. The van der Waals surface area contributed by atoms with Gasteiger partial charge in [-0.05, 0) is 169 Å². The quantitative estimate of drug-likeness (QED) is 0.105. The summed E-state index contributed by atoms with van der Waals surface area (Å²) in [6.07, 6.45) is 22.8. The summed E-state index contributed by atoms with van der Waals surface area (Å²) >= 11 is 6.75. The first-order chi connectivity index (χ1) is 44.6. The second-order valence-corrected chi connectivity index (χ2v) is 28.0. The van der Waals surface area contributed by atoms with Crippen LogP contribution in [0.4, 0.5) is 5.82 Å². The number of piperazine rings is 1. The summed E-state index contributed by atoms with van der Waals surface area (Å²) in [5.74, 6) is 1.81. The minimum absolute atomic E-state index is 0.00628. The predicted molar refractivity (Wildman–Crippen MR) is 358 cm³/mol. The normalized spacial score (nSPS) is 26.2. The number of hydrogen-bond acceptors (Lipinski definition) is 14. The Hall–Kier alpha value is -7.65. The van der Waals surface area contributed by atoms with Gasteiger partial charge in [-0.1, -0.05) is 17.7 Å². The minimum Gasteiger partial charge on any atom is -0.381 e. The van der Waals surface area contributed by atoms with Crippen LogP contribution >= 0.6 is 11.6 Å². The molecular formula is C72H85ClN16O3. The Kier molecular flexibility index (Phi) is 16.2. The van der Waals surface area contributed by atoms with Crippen molar-refractivity contribution in [2.75, 3.05) is 72.4 Å². The van der Waals surface area contributed by atoms with E-state index in [1.807, 2.05) is 48.4 Å². The smallest absolute Gasteiger partial charge is 0.222 e. The Morgan fingerprint density at radius 2 is 1.36 bits per heavy atom. The third-order valence-corrected chi connectivity index (χ3v) is 21.7. The van der Waals surface area contributed by atoms with Crippen LogP contribution in [0.3, 0.4) is 0 Å². The number of hydrogen-bond donors (Lipinski definition) is 3. The number of anilines is 1. The van der Waals surface area contributed by atoms with E-state index in [4.69, 9.17) is 46.2 Å². The van der Waals surface area contributed by atoms with Crippen molar-refractivity contribution in [3.05, 3.63) is 166 Å². The number of fused-ring (bicyclic) bond motifs is 3. The van der Waals surface area contributed by atoms with Gasteiger partial charge in [-0.2, -0.15) is 0 Å². The number of aryl methyl sites for hydroxylation is 2. The van der Waals surface area contributed by atoms with Gasteiger partial charge in [-0.3, -0.25) is 34.3 Å². The van der Waals surface area contributed by atoms with E-state index < -0.39 is 0 Å². The van der Waals surface area contributed by atoms with Crippen molar-refractivity contribution >= 4 is 46.2 Å². The molecule has 6 fully saturated rings. The molecule has 478 valence electrons. The van der Waals surface area contributed by atoms with Crippen molar-refractivity contribution in [3.8, 4) is 22.3 Å². The van der Waals surface area contributed by atoms with Gasteiger partial charge in [-0.15, -0.1) is 0 Å². The highest BCUT2D eigenvalue weighted by molar-refractivity contribution is 6.31. The summed E-state index contributed by atoms with van der Waals surface area (Å²) < 4.78 is 12.9. The third kappa shape index (κ3) is 11.4. The van der Waals surface area contributed by atoms with Gasteiger partial charge in [0.25, 0.3) is 0 Å². The molecule has 15 heterocycles. The molecule has 6 aliphatic rings. The Morgan fingerprint density at radius 3 is 2.15 bits per heavy atom. The number of nitrogens with zero attached hydrogens (tertiary/aromatic N) is 13. The molecule has 9 aromatic heterocycles. The van der Waals surface area contributed by atoms with E-state index >= 15 is 0 Å². The first-order valence-corrected chi connectivity index (χ1v) is 33.8. The van der Waals surface area contributed by atoms with Crippen molar-refractivity contribution in [2.45, 2.75) is 152 Å². The number of halogens is 1. The maximum atomic E-state index is 13.0. The van der Waals surface area contributed by atoms with Crippen molar-refractivity contribution < 1.29 is 14.3 Å². The number of methoxy groups -OCH3 is 1. The van der Waals surface area contributed by atoms with E-state index in [0.29, 0.717) is 24.4 Å².